The summed E-state index contributed by atoms with van der Waals surface area (Å²) in [5.41, 5.74) is 2.58. The highest BCUT2D eigenvalue weighted by Gasteiger charge is 2.16. The van der Waals surface area contributed by atoms with Crippen molar-refractivity contribution in [3.05, 3.63) is 83.7 Å². The van der Waals surface area contributed by atoms with Gasteiger partial charge in [0.1, 0.15) is 0 Å². The van der Waals surface area contributed by atoms with Gasteiger partial charge in [-0.1, -0.05) is 54.6 Å². The molecule has 0 aliphatic heterocycles. The minimum absolute atomic E-state index is 0.147. The molecule has 3 aromatic rings. The molecule has 3 rings (SSSR count). The van der Waals surface area contributed by atoms with E-state index in [1.54, 1.807) is 32.0 Å². The number of rotatable bonds is 8. The highest BCUT2D eigenvalue weighted by Crippen LogP contribution is 2.14. The Morgan fingerprint density at radius 2 is 1.53 bits per heavy atom. The molecule has 8 heteroatoms. The average Bonchev–Trinajstić information content (AvgIpc) is 2.72. The Kier molecular flexibility index (Phi) is 6.91. The molecule has 0 saturated heterocycles. The molecule has 0 aliphatic rings. The minimum Gasteiger partial charge on any atom is -0.348 e. The van der Waals surface area contributed by atoms with Crippen LogP contribution in [0, 0.1) is 0 Å². The number of aromatic nitrogens is 2. The standard InChI is InChI=1S/C22H24N4O3S/c1-16(2)26-30(28,29)15-19-11-7-6-10-18(19)12-25-22(27)20-13-23-21(24-14-20)17-8-4-3-5-9-17/h3-11,13-14,16,26H,12,15H2,1-2H3,(H,25,27). The van der Waals surface area contributed by atoms with Crippen molar-refractivity contribution >= 4 is 15.9 Å². The Morgan fingerprint density at radius 3 is 2.17 bits per heavy atom. The fourth-order valence-electron chi connectivity index (χ4n) is 2.94. The summed E-state index contributed by atoms with van der Waals surface area (Å²) < 4.78 is 27.1. The maximum Gasteiger partial charge on any atom is 0.254 e. The van der Waals surface area contributed by atoms with E-state index in [0.29, 0.717) is 17.0 Å². The third-order valence-electron chi connectivity index (χ3n) is 4.26. The van der Waals surface area contributed by atoms with Crippen molar-refractivity contribution in [1.29, 1.82) is 0 Å². The summed E-state index contributed by atoms with van der Waals surface area (Å²) in [5, 5.41) is 2.81. The maximum absolute atomic E-state index is 12.5. The summed E-state index contributed by atoms with van der Waals surface area (Å²) in [7, 11) is -3.46. The Balaban J connectivity index is 1.66. The van der Waals surface area contributed by atoms with Crippen LogP contribution in [0.15, 0.2) is 67.0 Å². The van der Waals surface area contributed by atoms with Gasteiger partial charge >= 0.3 is 0 Å². The van der Waals surface area contributed by atoms with Gasteiger partial charge in [-0.15, -0.1) is 0 Å². The van der Waals surface area contributed by atoms with Crippen LogP contribution >= 0.6 is 0 Å². The molecule has 2 aromatic carbocycles. The zero-order valence-corrected chi connectivity index (χ0v) is 17.7. The number of hydrogen-bond acceptors (Lipinski definition) is 5. The summed E-state index contributed by atoms with van der Waals surface area (Å²) in [6, 6.07) is 16.5. The number of benzene rings is 2. The Labute approximate surface area is 176 Å². The molecule has 2 N–H and O–H groups in total. The van der Waals surface area contributed by atoms with Crippen LogP contribution in [-0.2, 0) is 22.3 Å². The molecule has 30 heavy (non-hydrogen) atoms. The van der Waals surface area contributed by atoms with E-state index >= 15 is 0 Å². The number of carbonyl (C=O) groups is 1. The molecular formula is C22H24N4O3S. The minimum atomic E-state index is -3.46. The predicted octanol–water partition coefficient (Wildman–Crippen LogP) is 2.90. The topological polar surface area (TPSA) is 101 Å². The molecule has 1 heterocycles. The molecule has 0 aliphatic carbocycles. The summed E-state index contributed by atoms with van der Waals surface area (Å²) in [6.45, 7) is 3.75. The molecule has 0 unspecified atom stereocenters. The number of hydrogen-bond donors (Lipinski definition) is 2. The first-order valence-corrected chi connectivity index (χ1v) is 11.2. The number of amides is 1. The average molecular weight is 425 g/mol. The van der Waals surface area contributed by atoms with Crippen molar-refractivity contribution < 1.29 is 13.2 Å². The van der Waals surface area contributed by atoms with Crippen molar-refractivity contribution in [2.75, 3.05) is 0 Å². The third-order valence-corrected chi connectivity index (χ3v) is 5.79. The summed E-state index contributed by atoms with van der Waals surface area (Å²) in [4.78, 5) is 21.0. The van der Waals surface area contributed by atoms with Crippen molar-refractivity contribution in [1.82, 2.24) is 20.0 Å². The second kappa shape index (κ2) is 9.60. The van der Waals surface area contributed by atoms with Crippen LogP contribution in [0.5, 0.6) is 0 Å². The molecule has 0 bridgehead atoms. The quantitative estimate of drug-likeness (QED) is 0.579. The smallest absolute Gasteiger partial charge is 0.254 e. The predicted molar refractivity (Wildman–Crippen MR) is 116 cm³/mol. The zero-order valence-electron chi connectivity index (χ0n) is 16.9. The highest BCUT2D eigenvalue weighted by atomic mass is 32.2. The molecule has 7 nitrogen and oxygen atoms in total. The summed E-state index contributed by atoms with van der Waals surface area (Å²) in [5.74, 6) is 0.0690. The van der Waals surface area contributed by atoms with Crippen LogP contribution < -0.4 is 10.0 Å². The first-order chi connectivity index (χ1) is 14.3. The fourth-order valence-corrected chi connectivity index (χ4v) is 4.43. The van der Waals surface area contributed by atoms with E-state index in [1.165, 1.54) is 12.4 Å². The van der Waals surface area contributed by atoms with Crippen molar-refractivity contribution in [3.63, 3.8) is 0 Å². The van der Waals surface area contributed by atoms with Crippen molar-refractivity contribution in [3.8, 4) is 11.4 Å². The van der Waals surface area contributed by atoms with Crippen LogP contribution in [0.3, 0.4) is 0 Å². The lowest BCUT2D eigenvalue weighted by molar-refractivity contribution is 0.0950. The lowest BCUT2D eigenvalue weighted by Crippen LogP contribution is -2.32. The monoisotopic (exact) mass is 424 g/mol. The van der Waals surface area contributed by atoms with Crippen molar-refractivity contribution in [2.45, 2.75) is 32.2 Å². The number of nitrogens with one attached hydrogen (secondary N) is 2. The zero-order chi connectivity index (χ0) is 21.6. The highest BCUT2D eigenvalue weighted by molar-refractivity contribution is 7.88. The van der Waals surface area contributed by atoms with Gasteiger partial charge in [0, 0.05) is 30.5 Å². The molecular weight excluding hydrogens is 400 g/mol. The Hall–Kier alpha value is -3.10. The summed E-state index contributed by atoms with van der Waals surface area (Å²) >= 11 is 0. The second-order valence-corrected chi connectivity index (χ2v) is 8.90. The van der Waals surface area contributed by atoms with Gasteiger partial charge in [-0.2, -0.15) is 0 Å². The second-order valence-electron chi connectivity index (χ2n) is 7.14. The lowest BCUT2D eigenvalue weighted by Gasteiger charge is -2.13. The molecule has 1 aromatic heterocycles. The SMILES string of the molecule is CC(C)NS(=O)(=O)Cc1ccccc1CNC(=O)c1cnc(-c2ccccc2)nc1. The first kappa shape index (κ1) is 21.6. The molecule has 1 amide bonds. The largest absolute Gasteiger partial charge is 0.348 e. The molecule has 0 radical (unpaired) electrons. The van der Waals surface area contributed by atoms with Gasteiger partial charge in [-0.05, 0) is 25.0 Å². The van der Waals surface area contributed by atoms with E-state index in [0.717, 1.165) is 11.1 Å². The van der Waals surface area contributed by atoms with Gasteiger partial charge in [0.15, 0.2) is 5.82 Å². The molecule has 156 valence electrons. The van der Waals surface area contributed by atoms with E-state index in [4.69, 9.17) is 0 Å². The van der Waals surface area contributed by atoms with E-state index < -0.39 is 10.0 Å². The van der Waals surface area contributed by atoms with E-state index in [2.05, 4.69) is 20.0 Å². The van der Waals surface area contributed by atoms with Crippen LogP contribution in [0.1, 0.15) is 35.3 Å². The number of nitrogens with zero attached hydrogens (tertiary/aromatic N) is 2. The summed E-state index contributed by atoms with van der Waals surface area (Å²) in [6.07, 6.45) is 2.96. The lowest BCUT2D eigenvalue weighted by atomic mass is 10.1. The molecule has 0 saturated carbocycles. The number of carbonyl (C=O) groups excluding carboxylic acids is 1. The van der Waals surface area contributed by atoms with Gasteiger partial charge in [-0.3, -0.25) is 4.79 Å². The molecule has 0 spiro atoms. The molecule has 0 atom stereocenters. The fraction of sp³-hybridized carbons (Fsp3) is 0.227. The van der Waals surface area contributed by atoms with E-state index in [1.807, 2.05) is 36.4 Å². The van der Waals surface area contributed by atoms with Gasteiger partial charge in [0.2, 0.25) is 10.0 Å². The van der Waals surface area contributed by atoms with Crippen LogP contribution in [0.2, 0.25) is 0 Å². The van der Waals surface area contributed by atoms with E-state index in [-0.39, 0.29) is 24.2 Å². The van der Waals surface area contributed by atoms with E-state index in [9.17, 15) is 13.2 Å². The van der Waals surface area contributed by atoms with Crippen LogP contribution in [-0.4, -0.2) is 30.3 Å². The third kappa shape index (κ3) is 5.95. The normalized spacial score (nSPS) is 11.4. The van der Waals surface area contributed by atoms with Gasteiger partial charge in [0.25, 0.3) is 5.91 Å². The first-order valence-electron chi connectivity index (χ1n) is 9.56. The van der Waals surface area contributed by atoms with Gasteiger partial charge < -0.3 is 5.32 Å². The Bertz CT molecular complexity index is 1100. The number of sulfonamides is 1. The Morgan fingerprint density at radius 1 is 0.933 bits per heavy atom. The van der Waals surface area contributed by atoms with Crippen LogP contribution in [0.4, 0.5) is 0 Å². The van der Waals surface area contributed by atoms with Gasteiger partial charge in [0.05, 0.1) is 11.3 Å². The molecule has 0 fully saturated rings. The van der Waals surface area contributed by atoms with Crippen LogP contribution in [0.25, 0.3) is 11.4 Å². The van der Waals surface area contributed by atoms with Crippen molar-refractivity contribution in [2.24, 2.45) is 0 Å². The maximum atomic E-state index is 12.5. The van der Waals surface area contributed by atoms with Gasteiger partial charge in [-0.25, -0.2) is 23.1 Å².